The molecule has 21 heavy (non-hydrogen) atoms. The van der Waals surface area contributed by atoms with Crippen LogP contribution in [0.4, 0.5) is 0 Å². The summed E-state index contributed by atoms with van der Waals surface area (Å²) in [4.78, 5) is 0.482. The molecule has 1 saturated carbocycles. The van der Waals surface area contributed by atoms with Crippen molar-refractivity contribution in [1.82, 2.24) is 9.62 Å². The Morgan fingerprint density at radius 3 is 2.57 bits per heavy atom. The van der Waals surface area contributed by atoms with E-state index in [1.165, 1.54) is 0 Å². The van der Waals surface area contributed by atoms with E-state index in [1.54, 1.807) is 11.4 Å². The van der Waals surface area contributed by atoms with Gasteiger partial charge in [0.2, 0.25) is 10.0 Å². The van der Waals surface area contributed by atoms with Gasteiger partial charge >= 0.3 is 0 Å². The van der Waals surface area contributed by atoms with Gasteiger partial charge in [-0.25, -0.2) is 8.42 Å². The summed E-state index contributed by atoms with van der Waals surface area (Å²) in [5, 5.41) is 3.32. The smallest absolute Gasteiger partial charge is 0.243 e. The third kappa shape index (κ3) is 3.84. The average molecular weight is 310 g/mol. The zero-order valence-corrected chi connectivity index (χ0v) is 14.0. The van der Waals surface area contributed by atoms with Crippen molar-refractivity contribution < 1.29 is 8.42 Å². The fourth-order valence-corrected chi connectivity index (χ4v) is 4.20. The van der Waals surface area contributed by atoms with Gasteiger partial charge < -0.3 is 5.32 Å². The second-order valence-electron chi connectivity index (χ2n) is 5.72. The Bertz CT molecular complexity index is 580. The molecule has 0 bridgehead atoms. The number of nitrogens with zero attached hydrogens (tertiary/aromatic N) is 1. The number of benzene rings is 1. The minimum atomic E-state index is -3.37. The maximum absolute atomic E-state index is 12.8. The van der Waals surface area contributed by atoms with E-state index in [4.69, 9.17) is 0 Å². The van der Waals surface area contributed by atoms with Gasteiger partial charge in [0.05, 0.1) is 4.90 Å². The highest BCUT2D eigenvalue weighted by Crippen LogP contribution is 2.32. The predicted molar refractivity (Wildman–Crippen MR) is 85.8 cm³/mol. The summed E-state index contributed by atoms with van der Waals surface area (Å²) in [6.07, 6.45) is 3.77. The van der Waals surface area contributed by atoms with Gasteiger partial charge in [-0.3, -0.25) is 0 Å². The van der Waals surface area contributed by atoms with Crippen molar-refractivity contribution in [3.63, 3.8) is 0 Å². The van der Waals surface area contributed by atoms with Gasteiger partial charge in [0.15, 0.2) is 0 Å². The summed E-state index contributed by atoms with van der Waals surface area (Å²) in [5.74, 6) is 0. The van der Waals surface area contributed by atoms with Crippen molar-refractivity contribution in [2.75, 3.05) is 13.6 Å². The first-order chi connectivity index (χ1) is 10.0. The zero-order valence-electron chi connectivity index (χ0n) is 13.2. The van der Waals surface area contributed by atoms with Gasteiger partial charge in [0, 0.05) is 19.6 Å². The van der Waals surface area contributed by atoms with E-state index < -0.39 is 10.0 Å². The Morgan fingerprint density at radius 1 is 1.29 bits per heavy atom. The van der Waals surface area contributed by atoms with Crippen LogP contribution in [-0.2, 0) is 23.0 Å². The molecule has 1 aliphatic carbocycles. The Hall–Kier alpha value is -0.910. The van der Waals surface area contributed by atoms with Crippen molar-refractivity contribution in [2.45, 2.75) is 57.0 Å². The van der Waals surface area contributed by atoms with Crippen molar-refractivity contribution >= 4 is 10.0 Å². The molecule has 4 nitrogen and oxygen atoms in total. The summed E-state index contributed by atoms with van der Waals surface area (Å²) in [5.41, 5.74) is 1.94. The van der Waals surface area contributed by atoms with Crippen molar-refractivity contribution in [2.24, 2.45) is 0 Å². The van der Waals surface area contributed by atoms with Gasteiger partial charge in [0.25, 0.3) is 0 Å². The van der Waals surface area contributed by atoms with Crippen LogP contribution < -0.4 is 5.32 Å². The molecule has 0 aromatic heterocycles. The third-order valence-corrected chi connectivity index (χ3v) is 5.98. The minimum Gasteiger partial charge on any atom is -0.313 e. The summed E-state index contributed by atoms with van der Waals surface area (Å²) in [6, 6.07) is 6.02. The molecule has 0 unspecified atom stereocenters. The molecule has 5 heteroatoms. The Morgan fingerprint density at radius 2 is 2.00 bits per heavy atom. The second-order valence-corrected chi connectivity index (χ2v) is 7.69. The van der Waals surface area contributed by atoms with E-state index >= 15 is 0 Å². The molecule has 0 amide bonds. The normalized spacial score (nSPS) is 15.6. The fraction of sp³-hybridized carbons (Fsp3) is 0.625. The van der Waals surface area contributed by atoms with E-state index in [-0.39, 0.29) is 6.04 Å². The van der Waals surface area contributed by atoms with Gasteiger partial charge in [-0.15, -0.1) is 0 Å². The van der Waals surface area contributed by atoms with Crippen molar-refractivity contribution in [3.8, 4) is 0 Å². The third-order valence-electron chi connectivity index (χ3n) is 3.99. The predicted octanol–water partition coefficient (Wildman–Crippen LogP) is 2.53. The van der Waals surface area contributed by atoms with Crippen LogP contribution in [0, 0.1) is 0 Å². The molecular formula is C16H26N2O2S. The second kappa shape index (κ2) is 6.90. The molecule has 1 aromatic rings. The van der Waals surface area contributed by atoms with Crippen LogP contribution in [0.1, 0.15) is 44.2 Å². The van der Waals surface area contributed by atoms with Crippen LogP contribution in [0.2, 0.25) is 0 Å². The number of hydrogen-bond acceptors (Lipinski definition) is 3. The van der Waals surface area contributed by atoms with E-state index in [2.05, 4.69) is 12.2 Å². The van der Waals surface area contributed by atoms with Crippen LogP contribution in [0.5, 0.6) is 0 Å². The van der Waals surface area contributed by atoms with Crippen LogP contribution in [0.15, 0.2) is 23.1 Å². The number of hydrogen-bond donors (Lipinski definition) is 1. The first-order valence-electron chi connectivity index (χ1n) is 7.81. The first-order valence-corrected chi connectivity index (χ1v) is 9.25. The van der Waals surface area contributed by atoms with Crippen molar-refractivity contribution in [3.05, 3.63) is 29.3 Å². The highest BCUT2D eigenvalue weighted by atomic mass is 32.2. The van der Waals surface area contributed by atoms with Crippen molar-refractivity contribution in [1.29, 1.82) is 0 Å². The molecule has 0 heterocycles. The lowest BCUT2D eigenvalue weighted by Gasteiger charge is -2.19. The number of sulfonamides is 1. The SMILES string of the molecule is CCCNCc1ccc(CC)c(S(=O)(=O)N(C)C2CC2)c1. The molecule has 1 fully saturated rings. The number of rotatable bonds is 8. The molecule has 1 N–H and O–H groups in total. The Labute approximate surface area is 128 Å². The monoisotopic (exact) mass is 310 g/mol. The molecule has 0 aliphatic heterocycles. The summed E-state index contributed by atoms with van der Waals surface area (Å²) >= 11 is 0. The quantitative estimate of drug-likeness (QED) is 0.751. The van der Waals surface area contributed by atoms with E-state index in [1.807, 2.05) is 25.1 Å². The van der Waals surface area contributed by atoms with Crippen LogP contribution in [0.25, 0.3) is 0 Å². The molecule has 0 spiro atoms. The topological polar surface area (TPSA) is 49.4 Å². The fourth-order valence-electron chi connectivity index (χ4n) is 2.44. The summed E-state index contributed by atoms with van der Waals surface area (Å²) < 4.78 is 27.1. The molecule has 0 saturated heterocycles. The van der Waals surface area contributed by atoms with E-state index in [0.717, 1.165) is 43.4 Å². The highest BCUT2D eigenvalue weighted by molar-refractivity contribution is 7.89. The Balaban J connectivity index is 2.28. The van der Waals surface area contributed by atoms with E-state index in [0.29, 0.717) is 11.4 Å². The van der Waals surface area contributed by atoms with Gasteiger partial charge in [-0.05, 0) is 49.4 Å². The van der Waals surface area contributed by atoms with Crippen LogP contribution >= 0.6 is 0 Å². The minimum absolute atomic E-state index is 0.196. The molecule has 2 rings (SSSR count). The molecule has 118 valence electrons. The summed E-state index contributed by atoms with van der Waals surface area (Å²) in [7, 11) is -1.66. The standard InChI is InChI=1S/C16H26N2O2S/c1-4-10-17-12-13-6-7-14(5-2)16(11-13)21(19,20)18(3)15-8-9-15/h6-7,11,15,17H,4-5,8-10,12H2,1-3H3. The molecule has 0 radical (unpaired) electrons. The van der Waals surface area contributed by atoms with Crippen LogP contribution in [-0.4, -0.2) is 32.4 Å². The number of aryl methyl sites for hydroxylation is 1. The van der Waals surface area contributed by atoms with Gasteiger partial charge in [-0.1, -0.05) is 26.0 Å². The maximum atomic E-state index is 12.8. The maximum Gasteiger partial charge on any atom is 0.243 e. The van der Waals surface area contributed by atoms with Gasteiger partial charge in [0.1, 0.15) is 0 Å². The average Bonchev–Trinajstić information content (AvgIpc) is 3.31. The van der Waals surface area contributed by atoms with Gasteiger partial charge in [-0.2, -0.15) is 4.31 Å². The number of nitrogens with one attached hydrogen (secondary N) is 1. The Kier molecular flexibility index (Phi) is 5.41. The van der Waals surface area contributed by atoms with E-state index in [9.17, 15) is 8.42 Å². The molecular weight excluding hydrogens is 284 g/mol. The lowest BCUT2D eigenvalue weighted by Crippen LogP contribution is -2.30. The summed E-state index contributed by atoms with van der Waals surface area (Å²) in [6.45, 7) is 5.78. The zero-order chi connectivity index (χ0) is 15.5. The first kappa shape index (κ1) is 16.5. The molecule has 1 aliphatic rings. The largest absolute Gasteiger partial charge is 0.313 e. The highest BCUT2D eigenvalue weighted by Gasteiger charge is 2.35. The molecule has 1 aromatic carbocycles. The molecule has 0 atom stereocenters. The lowest BCUT2D eigenvalue weighted by molar-refractivity contribution is 0.463. The lowest BCUT2D eigenvalue weighted by atomic mass is 10.1. The van der Waals surface area contributed by atoms with Crippen LogP contribution in [0.3, 0.4) is 0 Å².